The zero-order chi connectivity index (χ0) is 24.1. The summed E-state index contributed by atoms with van der Waals surface area (Å²) in [6, 6.07) is 18.1. The number of carbonyl (C=O) groups is 1. The maximum Gasteiger partial charge on any atom is 0.251 e. The van der Waals surface area contributed by atoms with Gasteiger partial charge >= 0.3 is 0 Å². The number of benzene rings is 3. The van der Waals surface area contributed by atoms with Crippen molar-refractivity contribution in [3.8, 4) is 0 Å². The third-order valence-electron chi connectivity index (χ3n) is 6.38. The molecule has 0 aromatic heterocycles. The van der Waals surface area contributed by atoms with Crippen LogP contribution in [0.2, 0.25) is 0 Å². The molecule has 3 aromatic rings. The molecule has 0 unspecified atom stereocenters. The van der Waals surface area contributed by atoms with Crippen molar-refractivity contribution in [2.45, 2.75) is 50.8 Å². The van der Waals surface area contributed by atoms with E-state index in [1.807, 2.05) is 25.1 Å². The minimum Gasteiger partial charge on any atom is -0.390 e. The van der Waals surface area contributed by atoms with Crippen molar-refractivity contribution in [1.82, 2.24) is 10.6 Å². The number of hydrogen-bond acceptors (Lipinski definition) is 3. The zero-order valence-electron chi connectivity index (χ0n) is 19.2. The highest BCUT2D eigenvalue weighted by Crippen LogP contribution is 2.29. The van der Waals surface area contributed by atoms with E-state index in [9.17, 15) is 18.7 Å². The third kappa shape index (κ3) is 6.07. The molecular formula is C28H30F2N2O2. The fourth-order valence-electron chi connectivity index (χ4n) is 4.68. The van der Waals surface area contributed by atoms with Gasteiger partial charge in [0.05, 0.1) is 12.1 Å². The Morgan fingerprint density at radius 3 is 2.59 bits per heavy atom. The van der Waals surface area contributed by atoms with Gasteiger partial charge < -0.3 is 15.7 Å². The molecule has 0 aliphatic heterocycles. The minimum atomic E-state index is -0.964. The highest BCUT2D eigenvalue weighted by molar-refractivity contribution is 5.94. The largest absolute Gasteiger partial charge is 0.390 e. The van der Waals surface area contributed by atoms with Crippen LogP contribution in [0.1, 0.15) is 51.5 Å². The highest BCUT2D eigenvalue weighted by Gasteiger charge is 2.26. The number of aliphatic hydroxyl groups excluding tert-OH is 1. The van der Waals surface area contributed by atoms with Gasteiger partial charge in [0, 0.05) is 24.2 Å². The lowest BCUT2D eigenvalue weighted by Crippen LogP contribution is -2.49. The van der Waals surface area contributed by atoms with Crippen molar-refractivity contribution in [2.24, 2.45) is 0 Å². The van der Waals surface area contributed by atoms with Gasteiger partial charge in [0.2, 0.25) is 0 Å². The number of fused-ring (bicyclic) bond motifs is 1. The Labute approximate surface area is 199 Å². The smallest absolute Gasteiger partial charge is 0.251 e. The summed E-state index contributed by atoms with van der Waals surface area (Å²) in [5.41, 5.74) is 4.31. The lowest BCUT2D eigenvalue weighted by molar-refractivity contribution is 0.0823. The summed E-state index contributed by atoms with van der Waals surface area (Å²) in [5, 5.41) is 17.4. The normalized spacial score (nSPS) is 17.0. The average Bonchev–Trinajstić information content (AvgIpc) is 2.81. The Kier molecular flexibility index (Phi) is 7.70. The van der Waals surface area contributed by atoms with Crippen LogP contribution in [0.3, 0.4) is 0 Å². The first-order valence-electron chi connectivity index (χ1n) is 11.7. The van der Waals surface area contributed by atoms with Crippen molar-refractivity contribution >= 4 is 5.91 Å². The van der Waals surface area contributed by atoms with Crippen molar-refractivity contribution < 1.29 is 18.7 Å². The van der Waals surface area contributed by atoms with Crippen LogP contribution >= 0.6 is 0 Å². The summed E-state index contributed by atoms with van der Waals surface area (Å²) in [6.07, 6.45) is 2.18. The molecule has 3 N–H and O–H groups in total. The fraction of sp³-hybridized carbons (Fsp3) is 0.321. The van der Waals surface area contributed by atoms with Gasteiger partial charge in [-0.3, -0.25) is 4.79 Å². The van der Waals surface area contributed by atoms with Gasteiger partial charge in [0.15, 0.2) is 0 Å². The van der Waals surface area contributed by atoms with E-state index < -0.39 is 23.8 Å². The minimum absolute atomic E-state index is 0.0936. The van der Waals surface area contributed by atoms with Gasteiger partial charge in [0.25, 0.3) is 5.91 Å². The Hall–Kier alpha value is -3.09. The monoisotopic (exact) mass is 464 g/mol. The molecule has 4 nitrogen and oxygen atoms in total. The molecule has 0 heterocycles. The van der Waals surface area contributed by atoms with Crippen LogP contribution in [-0.2, 0) is 12.8 Å². The summed E-state index contributed by atoms with van der Waals surface area (Å²) in [7, 11) is 0. The van der Waals surface area contributed by atoms with Crippen LogP contribution in [0.4, 0.5) is 8.78 Å². The van der Waals surface area contributed by atoms with Crippen molar-refractivity contribution in [2.75, 3.05) is 6.54 Å². The highest BCUT2D eigenvalue weighted by atomic mass is 19.1. The SMILES string of the molecule is Cc1cccc(C(=O)N[C@@H](Cc2cc(F)cc(F)c2)[C@H](O)CN[C@H]2CCCc3ccccc32)c1. The topological polar surface area (TPSA) is 61.4 Å². The second kappa shape index (κ2) is 10.9. The van der Waals surface area contributed by atoms with Crippen LogP contribution in [0.15, 0.2) is 66.7 Å². The van der Waals surface area contributed by atoms with Crippen LogP contribution in [0, 0.1) is 18.6 Å². The van der Waals surface area contributed by atoms with Gasteiger partial charge in [-0.15, -0.1) is 0 Å². The van der Waals surface area contributed by atoms with E-state index in [2.05, 4.69) is 22.8 Å². The summed E-state index contributed by atoms with van der Waals surface area (Å²) in [5.74, 6) is -1.72. The predicted octanol–water partition coefficient (Wildman–Crippen LogP) is 4.64. The maximum atomic E-state index is 13.8. The first kappa shape index (κ1) is 24.0. The quantitative estimate of drug-likeness (QED) is 0.455. The predicted molar refractivity (Wildman–Crippen MR) is 129 cm³/mol. The van der Waals surface area contributed by atoms with Crippen LogP contribution in [0.5, 0.6) is 0 Å². The molecule has 178 valence electrons. The third-order valence-corrected chi connectivity index (χ3v) is 6.38. The standard InChI is InChI=1S/C28H30F2N2O2/c1-18-6-4-9-21(12-18)28(34)32-26(15-19-13-22(29)16-23(30)14-19)27(33)17-31-25-11-5-8-20-7-2-3-10-24(20)25/h2-4,6-7,9-10,12-14,16,25-27,31,33H,5,8,11,15,17H2,1H3,(H,32,34)/t25-,26-,27+/m0/s1. The number of nitrogens with one attached hydrogen (secondary N) is 2. The van der Waals surface area contributed by atoms with Crippen LogP contribution in [0.25, 0.3) is 0 Å². The van der Waals surface area contributed by atoms with Crippen LogP contribution < -0.4 is 10.6 Å². The van der Waals surface area contributed by atoms with Crippen molar-refractivity contribution in [1.29, 1.82) is 0 Å². The number of aryl methyl sites for hydroxylation is 2. The lowest BCUT2D eigenvalue weighted by atomic mass is 9.87. The van der Waals surface area contributed by atoms with Gasteiger partial charge in [-0.05, 0) is 73.6 Å². The van der Waals surface area contributed by atoms with E-state index >= 15 is 0 Å². The van der Waals surface area contributed by atoms with Gasteiger partial charge in [0.1, 0.15) is 11.6 Å². The first-order valence-corrected chi connectivity index (χ1v) is 11.7. The number of halogens is 2. The maximum absolute atomic E-state index is 13.8. The zero-order valence-corrected chi connectivity index (χ0v) is 19.2. The molecule has 34 heavy (non-hydrogen) atoms. The second-order valence-electron chi connectivity index (χ2n) is 9.05. The van der Waals surface area contributed by atoms with E-state index in [-0.39, 0.29) is 24.9 Å². The van der Waals surface area contributed by atoms with E-state index in [1.165, 1.54) is 23.3 Å². The molecule has 0 bridgehead atoms. The van der Waals surface area contributed by atoms with Crippen molar-refractivity contribution in [3.05, 3.63) is 106 Å². The van der Waals surface area contributed by atoms with Crippen LogP contribution in [-0.4, -0.2) is 29.7 Å². The molecule has 3 atom stereocenters. The molecule has 1 aliphatic rings. The molecule has 6 heteroatoms. The number of aliphatic hydroxyl groups is 1. The molecular weight excluding hydrogens is 434 g/mol. The Bertz CT molecular complexity index is 1130. The average molecular weight is 465 g/mol. The molecule has 0 radical (unpaired) electrons. The first-order chi connectivity index (χ1) is 16.4. The molecule has 0 saturated heterocycles. The lowest BCUT2D eigenvalue weighted by Gasteiger charge is -2.30. The molecule has 0 fully saturated rings. The molecule has 1 aliphatic carbocycles. The fourth-order valence-corrected chi connectivity index (χ4v) is 4.68. The molecule has 4 rings (SSSR count). The second-order valence-corrected chi connectivity index (χ2v) is 9.05. The molecule has 3 aromatic carbocycles. The molecule has 0 spiro atoms. The van der Waals surface area contributed by atoms with E-state index in [0.29, 0.717) is 11.1 Å². The molecule has 0 saturated carbocycles. The van der Waals surface area contributed by atoms with Gasteiger partial charge in [-0.2, -0.15) is 0 Å². The summed E-state index contributed by atoms with van der Waals surface area (Å²) in [4.78, 5) is 12.9. The number of amides is 1. The summed E-state index contributed by atoms with van der Waals surface area (Å²) in [6.45, 7) is 2.13. The summed E-state index contributed by atoms with van der Waals surface area (Å²) < 4.78 is 27.6. The van der Waals surface area contributed by atoms with E-state index in [4.69, 9.17) is 0 Å². The number of carbonyl (C=O) groups excluding carboxylic acids is 1. The summed E-state index contributed by atoms with van der Waals surface area (Å²) >= 11 is 0. The Morgan fingerprint density at radius 2 is 1.82 bits per heavy atom. The van der Waals surface area contributed by atoms with Gasteiger partial charge in [-0.25, -0.2) is 8.78 Å². The Morgan fingerprint density at radius 1 is 1.06 bits per heavy atom. The van der Waals surface area contributed by atoms with E-state index in [1.54, 1.807) is 18.2 Å². The van der Waals surface area contributed by atoms with Crippen molar-refractivity contribution in [3.63, 3.8) is 0 Å². The molecule has 1 amide bonds. The van der Waals surface area contributed by atoms with E-state index in [0.717, 1.165) is 30.9 Å². The number of rotatable bonds is 8. The number of hydrogen-bond donors (Lipinski definition) is 3. The van der Waals surface area contributed by atoms with Gasteiger partial charge in [-0.1, -0.05) is 42.0 Å². The Balaban J connectivity index is 1.50.